The fourth-order valence-corrected chi connectivity index (χ4v) is 3.30. The second-order valence-corrected chi connectivity index (χ2v) is 6.81. The number of hydrogen-bond donors (Lipinski definition) is 1. The van der Waals surface area contributed by atoms with E-state index in [2.05, 4.69) is 10.3 Å². The van der Waals surface area contributed by atoms with Gasteiger partial charge in [0.15, 0.2) is 0 Å². The minimum absolute atomic E-state index is 0.172. The first-order valence-electron chi connectivity index (χ1n) is 9.10. The molecule has 0 atom stereocenters. The molecule has 0 saturated heterocycles. The normalized spacial score (nSPS) is 13.6. The Morgan fingerprint density at radius 3 is 2.67 bits per heavy atom. The molecule has 4 aromatic rings. The van der Waals surface area contributed by atoms with Crippen LogP contribution in [0.25, 0.3) is 16.6 Å². The predicted molar refractivity (Wildman–Crippen MR) is 105 cm³/mol. The van der Waals surface area contributed by atoms with E-state index >= 15 is 0 Å². The number of rotatable bonds is 4. The first-order valence-corrected chi connectivity index (χ1v) is 9.10. The van der Waals surface area contributed by atoms with Gasteiger partial charge in [-0.15, -0.1) is 0 Å². The quantitative estimate of drug-likeness (QED) is 0.585. The molecule has 2 heterocycles. The topological polar surface area (TPSA) is 59.8 Å². The lowest BCUT2D eigenvalue weighted by Crippen LogP contribution is -2.17. The third-order valence-electron chi connectivity index (χ3n) is 4.85. The van der Waals surface area contributed by atoms with Crippen molar-refractivity contribution >= 4 is 22.5 Å². The van der Waals surface area contributed by atoms with Crippen molar-refractivity contribution in [3.8, 4) is 5.69 Å². The molecule has 5 rings (SSSR count). The lowest BCUT2D eigenvalue weighted by atomic mass is 10.1. The summed E-state index contributed by atoms with van der Waals surface area (Å²) in [5, 5.41) is 8.67. The van der Waals surface area contributed by atoms with Crippen molar-refractivity contribution in [2.45, 2.75) is 18.8 Å². The number of para-hydroxylation sites is 1. The molecular weight excluding hydrogens is 336 g/mol. The Morgan fingerprint density at radius 2 is 1.85 bits per heavy atom. The molecular formula is C22H18N4O. The van der Waals surface area contributed by atoms with Gasteiger partial charge in [0.2, 0.25) is 0 Å². The van der Waals surface area contributed by atoms with Crippen LogP contribution < -0.4 is 5.32 Å². The molecule has 1 aliphatic carbocycles. The minimum atomic E-state index is -0.172. The maximum absolute atomic E-state index is 13.1. The van der Waals surface area contributed by atoms with Crippen LogP contribution in [-0.2, 0) is 0 Å². The number of pyridine rings is 1. The molecule has 1 N–H and O–H groups in total. The Labute approximate surface area is 156 Å². The van der Waals surface area contributed by atoms with E-state index in [1.807, 2.05) is 66.7 Å². The van der Waals surface area contributed by atoms with E-state index < -0.39 is 0 Å². The summed E-state index contributed by atoms with van der Waals surface area (Å²) in [5.41, 5.74) is 4.02. The SMILES string of the molecule is O=C(Nc1cccc2ncccc12)c1cc(C2CC2)nn1-c1ccccc1. The van der Waals surface area contributed by atoms with E-state index in [0.29, 0.717) is 11.6 Å². The molecule has 0 bridgehead atoms. The van der Waals surface area contributed by atoms with Crippen molar-refractivity contribution < 1.29 is 4.79 Å². The zero-order valence-electron chi connectivity index (χ0n) is 14.7. The van der Waals surface area contributed by atoms with E-state index in [0.717, 1.165) is 40.8 Å². The number of benzene rings is 2. The van der Waals surface area contributed by atoms with Gasteiger partial charge in [-0.2, -0.15) is 5.10 Å². The molecule has 0 radical (unpaired) electrons. The summed E-state index contributed by atoms with van der Waals surface area (Å²) in [6.07, 6.45) is 4.03. The summed E-state index contributed by atoms with van der Waals surface area (Å²) in [5.74, 6) is 0.304. The summed E-state index contributed by atoms with van der Waals surface area (Å²) in [6.45, 7) is 0. The highest BCUT2D eigenvalue weighted by Gasteiger charge is 2.29. The van der Waals surface area contributed by atoms with Crippen LogP contribution in [0.15, 0.2) is 72.9 Å². The Morgan fingerprint density at radius 1 is 1.00 bits per heavy atom. The first-order chi connectivity index (χ1) is 13.3. The van der Waals surface area contributed by atoms with Gasteiger partial charge in [-0.1, -0.05) is 24.3 Å². The van der Waals surface area contributed by atoms with Crippen LogP contribution in [0.2, 0.25) is 0 Å². The van der Waals surface area contributed by atoms with Crippen molar-refractivity contribution in [3.63, 3.8) is 0 Å². The average molecular weight is 354 g/mol. The highest BCUT2D eigenvalue weighted by atomic mass is 16.2. The molecule has 5 nitrogen and oxygen atoms in total. The van der Waals surface area contributed by atoms with E-state index in [-0.39, 0.29) is 5.91 Å². The maximum atomic E-state index is 13.1. The molecule has 1 amide bonds. The Bertz CT molecular complexity index is 1120. The van der Waals surface area contributed by atoms with Gasteiger partial charge >= 0.3 is 0 Å². The number of amides is 1. The van der Waals surface area contributed by atoms with Gasteiger partial charge in [0.25, 0.3) is 5.91 Å². The number of aromatic nitrogens is 3. The predicted octanol–water partition coefficient (Wildman–Crippen LogP) is 4.55. The van der Waals surface area contributed by atoms with Crippen LogP contribution in [0.5, 0.6) is 0 Å². The second kappa shape index (κ2) is 6.36. The summed E-state index contributed by atoms with van der Waals surface area (Å²) < 4.78 is 1.74. The molecule has 1 aliphatic rings. The van der Waals surface area contributed by atoms with Crippen LogP contribution >= 0.6 is 0 Å². The first kappa shape index (κ1) is 15.8. The number of carbonyl (C=O) groups excluding carboxylic acids is 1. The van der Waals surface area contributed by atoms with E-state index in [9.17, 15) is 4.79 Å². The second-order valence-electron chi connectivity index (χ2n) is 6.81. The van der Waals surface area contributed by atoms with Gasteiger partial charge in [0, 0.05) is 17.5 Å². The fourth-order valence-electron chi connectivity index (χ4n) is 3.30. The number of nitrogens with one attached hydrogen (secondary N) is 1. The number of fused-ring (bicyclic) bond motifs is 1. The van der Waals surface area contributed by atoms with Crippen LogP contribution in [0.4, 0.5) is 5.69 Å². The van der Waals surface area contributed by atoms with Crippen LogP contribution in [0.1, 0.15) is 34.9 Å². The lowest BCUT2D eigenvalue weighted by molar-refractivity contribution is 0.102. The third-order valence-corrected chi connectivity index (χ3v) is 4.85. The largest absolute Gasteiger partial charge is 0.320 e. The molecule has 0 aliphatic heterocycles. The molecule has 1 saturated carbocycles. The van der Waals surface area contributed by atoms with Gasteiger partial charge < -0.3 is 5.32 Å². The van der Waals surface area contributed by atoms with Gasteiger partial charge in [-0.05, 0) is 55.3 Å². The highest BCUT2D eigenvalue weighted by Crippen LogP contribution is 2.39. The molecule has 2 aromatic carbocycles. The van der Waals surface area contributed by atoms with Crippen molar-refractivity contribution in [2.75, 3.05) is 5.32 Å². The monoisotopic (exact) mass is 354 g/mol. The Hall–Kier alpha value is -3.47. The highest BCUT2D eigenvalue weighted by molar-refractivity contribution is 6.08. The molecule has 27 heavy (non-hydrogen) atoms. The Balaban J connectivity index is 1.54. The van der Waals surface area contributed by atoms with Gasteiger partial charge in [0.05, 0.1) is 22.6 Å². The van der Waals surface area contributed by atoms with Crippen molar-refractivity contribution in [2.24, 2.45) is 0 Å². The molecule has 5 heteroatoms. The number of nitrogens with zero attached hydrogens (tertiary/aromatic N) is 3. The zero-order valence-corrected chi connectivity index (χ0v) is 14.7. The molecule has 0 spiro atoms. The molecule has 1 fully saturated rings. The summed E-state index contributed by atoms with van der Waals surface area (Å²) in [7, 11) is 0. The number of hydrogen-bond acceptors (Lipinski definition) is 3. The lowest BCUT2D eigenvalue weighted by Gasteiger charge is -2.10. The Kier molecular flexibility index (Phi) is 3.71. The number of anilines is 1. The van der Waals surface area contributed by atoms with Crippen LogP contribution in [0, 0.1) is 0 Å². The maximum Gasteiger partial charge on any atom is 0.274 e. The number of carbonyl (C=O) groups is 1. The average Bonchev–Trinajstić information content (AvgIpc) is 3.47. The van der Waals surface area contributed by atoms with E-state index in [1.54, 1.807) is 10.9 Å². The van der Waals surface area contributed by atoms with E-state index in [4.69, 9.17) is 5.10 Å². The van der Waals surface area contributed by atoms with Crippen LogP contribution in [0.3, 0.4) is 0 Å². The summed E-state index contributed by atoms with van der Waals surface area (Å²) in [4.78, 5) is 17.5. The van der Waals surface area contributed by atoms with Crippen molar-refractivity contribution in [1.29, 1.82) is 0 Å². The molecule has 2 aromatic heterocycles. The fraction of sp³-hybridized carbons (Fsp3) is 0.136. The molecule has 132 valence electrons. The summed E-state index contributed by atoms with van der Waals surface area (Å²) in [6, 6.07) is 21.3. The minimum Gasteiger partial charge on any atom is -0.320 e. The van der Waals surface area contributed by atoms with E-state index in [1.165, 1.54) is 0 Å². The smallest absolute Gasteiger partial charge is 0.274 e. The van der Waals surface area contributed by atoms with Crippen molar-refractivity contribution in [1.82, 2.24) is 14.8 Å². The third kappa shape index (κ3) is 2.97. The molecule has 0 unspecified atom stereocenters. The zero-order chi connectivity index (χ0) is 18.2. The van der Waals surface area contributed by atoms with Gasteiger partial charge in [-0.25, -0.2) is 4.68 Å². The van der Waals surface area contributed by atoms with Crippen molar-refractivity contribution in [3.05, 3.63) is 84.3 Å². The van der Waals surface area contributed by atoms with Gasteiger partial charge in [0.1, 0.15) is 5.69 Å². The van der Waals surface area contributed by atoms with Crippen LogP contribution in [-0.4, -0.2) is 20.7 Å². The van der Waals surface area contributed by atoms with Gasteiger partial charge in [-0.3, -0.25) is 9.78 Å². The summed E-state index contributed by atoms with van der Waals surface area (Å²) >= 11 is 0. The standard InChI is InChI=1S/C22H18N4O/c27-22(24-19-10-4-9-18-17(19)8-5-13-23-18)21-14-20(15-11-12-15)25-26(21)16-6-2-1-3-7-16/h1-10,13-15H,11-12H2,(H,24,27).